The number of ether oxygens (including phenoxy) is 1. The van der Waals surface area contributed by atoms with E-state index in [0.29, 0.717) is 0 Å². The minimum atomic E-state index is -1.80. The van der Waals surface area contributed by atoms with E-state index in [2.05, 4.69) is 0 Å². The zero-order chi connectivity index (χ0) is 13.8. The van der Waals surface area contributed by atoms with Crippen LogP contribution >= 0.6 is 0 Å². The second kappa shape index (κ2) is 5.73. The molecule has 0 unspecified atom stereocenters. The molecule has 0 aliphatic rings. The first kappa shape index (κ1) is 13.4. The number of phenolic OH excluding ortho intramolecular Hbond substituents is 1. The lowest BCUT2D eigenvalue weighted by atomic mass is 9.79. The highest BCUT2D eigenvalue weighted by Gasteiger charge is 2.18. The highest BCUT2D eigenvalue weighted by molar-refractivity contribution is 6.59. The summed E-state index contributed by atoms with van der Waals surface area (Å²) < 4.78 is 18.4. The fourth-order valence-corrected chi connectivity index (χ4v) is 1.61. The summed E-state index contributed by atoms with van der Waals surface area (Å²) in [7, 11) is -1.80. The van der Waals surface area contributed by atoms with Crippen LogP contribution in [0, 0.1) is 5.82 Å². The lowest BCUT2D eigenvalue weighted by Gasteiger charge is -2.11. The van der Waals surface area contributed by atoms with Gasteiger partial charge >= 0.3 is 7.12 Å². The van der Waals surface area contributed by atoms with Gasteiger partial charge in [0.15, 0.2) is 0 Å². The topological polar surface area (TPSA) is 69.9 Å². The van der Waals surface area contributed by atoms with Crippen molar-refractivity contribution >= 4 is 12.6 Å². The maximum absolute atomic E-state index is 13.0. The quantitative estimate of drug-likeness (QED) is 0.712. The molecule has 0 aromatic heterocycles. The Bertz CT molecular complexity index is 557. The molecule has 0 aliphatic carbocycles. The van der Waals surface area contributed by atoms with Crippen LogP contribution in [0.25, 0.3) is 0 Å². The fraction of sp³-hybridized carbons (Fsp3) is 0.0769. The van der Waals surface area contributed by atoms with Gasteiger partial charge < -0.3 is 19.9 Å². The molecular weight excluding hydrogens is 250 g/mol. The lowest BCUT2D eigenvalue weighted by molar-refractivity contribution is 0.306. The normalized spacial score (nSPS) is 10.3. The highest BCUT2D eigenvalue weighted by atomic mass is 19.1. The van der Waals surface area contributed by atoms with Crippen LogP contribution < -0.4 is 10.2 Å². The van der Waals surface area contributed by atoms with E-state index >= 15 is 0 Å². The Hall–Kier alpha value is -2.05. The molecule has 0 saturated heterocycles. The average Bonchev–Trinajstić information content (AvgIpc) is 2.39. The molecule has 0 radical (unpaired) electrons. The monoisotopic (exact) mass is 262 g/mol. The number of aromatic hydroxyl groups is 1. The van der Waals surface area contributed by atoms with Crippen LogP contribution in [0.15, 0.2) is 42.5 Å². The average molecular weight is 262 g/mol. The third-order valence-electron chi connectivity index (χ3n) is 2.58. The number of phenols is 1. The van der Waals surface area contributed by atoms with Gasteiger partial charge in [-0.25, -0.2) is 4.39 Å². The Morgan fingerprint density at radius 2 is 1.74 bits per heavy atom. The molecule has 98 valence electrons. The van der Waals surface area contributed by atoms with E-state index < -0.39 is 12.9 Å². The number of hydrogen-bond donors (Lipinski definition) is 3. The zero-order valence-electron chi connectivity index (χ0n) is 9.95. The predicted octanol–water partition coefficient (Wildman–Crippen LogP) is 0.790. The van der Waals surface area contributed by atoms with Crippen molar-refractivity contribution in [2.24, 2.45) is 0 Å². The highest BCUT2D eigenvalue weighted by Crippen LogP contribution is 2.14. The van der Waals surface area contributed by atoms with Crippen molar-refractivity contribution in [3.8, 4) is 11.5 Å². The predicted molar refractivity (Wildman–Crippen MR) is 68.7 cm³/mol. The molecule has 2 aromatic carbocycles. The van der Waals surface area contributed by atoms with E-state index in [1.165, 1.54) is 24.3 Å². The van der Waals surface area contributed by atoms with Gasteiger partial charge in [-0.3, -0.25) is 0 Å². The first-order valence-electron chi connectivity index (χ1n) is 5.62. The molecule has 0 aliphatic heterocycles. The number of hydrogen-bond acceptors (Lipinski definition) is 4. The van der Waals surface area contributed by atoms with Crippen molar-refractivity contribution in [2.75, 3.05) is 0 Å². The van der Waals surface area contributed by atoms with E-state index in [4.69, 9.17) is 19.9 Å². The third-order valence-corrected chi connectivity index (χ3v) is 2.58. The second-order valence-corrected chi connectivity index (χ2v) is 4.01. The summed E-state index contributed by atoms with van der Waals surface area (Å²) in [6.45, 7) is 0.172. The van der Waals surface area contributed by atoms with Crippen LogP contribution in [-0.2, 0) is 6.61 Å². The van der Waals surface area contributed by atoms with Crippen molar-refractivity contribution in [1.82, 2.24) is 0 Å². The Kier molecular flexibility index (Phi) is 4.04. The number of benzene rings is 2. The molecule has 0 heterocycles. The SMILES string of the molecule is OB(O)c1cc(F)ccc1OCc1ccc(O)cc1. The molecule has 0 fully saturated rings. The van der Waals surface area contributed by atoms with Crippen molar-refractivity contribution in [3.63, 3.8) is 0 Å². The molecule has 2 rings (SSSR count). The molecule has 0 amide bonds. The summed E-state index contributed by atoms with van der Waals surface area (Å²) in [5.74, 6) is -0.221. The summed E-state index contributed by atoms with van der Waals surface area (Å²) in [4.78, 5) is 0. The zero-order valence-corrected chi connectivity index (χ0v) is 9.95. The first-order chi connectivity index (χ1) is 9.06. The maximum Gasteiger partial charge on any atom is 0.492 e. The van der Waals surface area contributed by atoms with Gasteiger partial charge in [-0.1, -0.05) is 12.1 Å². The standard InChI is InChI=1S/C13H12BFO4/c15-10-3-6-13(12(7-10)14(17)18)19-8-9-1-4-11(16)5-2-9/h1-7,16-18H,8H2. The minimum Gasteiger partial charge on any atom is -0.508 e. The third kappa shape index (κ3) is 3.46. The Morgan fingerprint density at radius 1 is 1.05 bits per heavy atom. The van der Waals surface area contributed by atoms with Gasteiger partial charge in [0.2, 0.25) is 0 Å². The smallest absolute Gasteiger partial charge is 0.492 e. The van der Waals surface area contributed by atoms with Crippen molar-refractivity contribution in [3.05, 3.63) is 53.8 Å². The Balaban J connectivity index is 2.13. The summed E-state index contributed by atoms with van der Waals surface area (Å²) in [5.41, 5.74) is 0.763. The Labute approximate surface area is 109 Å². The molecule has 19 heavy (non-hydrogen) atoms. The summed E-state index contributed by atoms with van der Waals surface area (Å²) in [5, 5.41) is 27.4. The van der Waals surface area contributed by atoms with Crippen LogP contribution in [-0.4, -0.2) is 22.3 Å². The van der Waals surface area contributed by atoms with Gasteiger partial charge in [0, 0.05) is 5.46 Å². The second-order valence-electron chi connectivity index (χ2n) is 4.01. The summed E-state index contributed by atoms with van der Waals surface area (Å²) >= 11 is 0. The number of halogens is 1. The van der Waals surface area contributed by atoms with E-state index in [9.17, 15) is 4.39 Å². The van der Waals surface area contributed by atoms with Crippen LogP contribution in [0.3, 0.4) is 0 Å². The molecule has 0 atom stereocenters. The van der Waals surface area contributed by atoms with Crippen molar-refractivity contribution < 1.29 is 24.3 Å². The van der Waals surface area contributed by atoms with Gasteiger partial charge in [0.05, 0.1) is 0 Å². The van der Waals surface area contributed by atoms with Gasteiger partial charge in [0.1, 0.15) is 23.9 Å². The van der Waals surface area contributed by atoms with Crippen molar-refractivity contribution in [1.29, 1.82) is 0 Å². The summed E-state index contributed by atoms with van der Waals surface area (Å²) in [6.07, 6.45) is 0. The minimum absolute atomic E-state index is 0.0289. The van der Waals surface area contributed by atoms with E-state index in [0.717, 1.165) is 11.6 Å². The van der Waals surface area contributed by atoms with Crippen LogP contribution in [0.1, 0.15) is 5.56 Å². The Morgan fingerprint density at radius 3 is 2.37 bits per heavy atom. The van der Waals surface area contributed by atoms with E-state index in [1.54, 1.807) is 12.1 Å². The van der Waals surface area contributed by atoms with Gasteiger partial charge in [-0.05, 0) is 35.9 Å². The van der Waals surface area contributed by atoms with Crippen molar-refractivity contribution in [2.45, 2.75) is 6.61 Å². The molecule has 2 aromatic rings. The first-order valence-corrected chi connectivity index (χ1v) is 5.62. The summed E-state index contributed by atoms with van der Waals surface area (Å²) in [6, 6.07) is 9.91. The molecule has 3 N–H and O–H groups in total. The van der Waals surface area contributed by atoms with Crippen LogP contribution in [0.2, 0.25) is 0 Å². The molecule has 6 heteroatoms. The fourth-order valence-electron chi connectivity index (χ4n) is 1.61. The van der Waals surface area contributed by atoms with Crippen LogP contribution in [0.5, 0.6) is 11.5 Å². The van der Waals surface area contributed by atoms with E-state index in [1.807, 2.05) is 0 Å². The molecule has 0 saturated carbocycles. The van der Waals surface area contributed by atoms with Gasteiger partial charge in [0.25, 0.3) is 0 Å². The molecule has 4 nitrogen and oxygen atoms in total. The largest absolute Gasteiger partial charge is 0.508 e. The van der Waals surface area contributed by atoms with E-state index in [-0.39, 0.29) is 23.6 Å². The maximum atomic E-state index is 13.0. The van der Waals surface area contributed by atoms with Gasteiger partial charge in [-0.15, -0.1) is 0 Å². The molecule has 0 bridgehead atoms. The number of rotatable bonds is 4. The molecule has 0 spiro atoms. The molecular formula is C13H12BFO4. The van der Waals surface area contributed by atoms with Crippen LogP contribution in [0.4, 0.5) is 4.39 Å². The van der Waals surface area contributed by atoms with Gasteiger partial charge in [-0.2, -0.15) is 0 Å². The lowest BCUT2D eigenvalue weighted by Crippen LogP contribution is -2.31.